The molecule has 216 valence electrons. The van der Waals surface area contributed by atoms with E-state index in [1.54, 1.807) is 19.9 Å². The number of allylic oxidation sites excluding steroid dienone is 9. The zero-order valence-electron chi connectivity index (χ0n) is 24.9. The number of ketones is 1. The van der Waals surface area contributed by atoms with Crippen LogP contribution in [0.4, 0.5) is 0 Å². The van der Waals surface area contributed by atoms with E-state index in [0.29, 0.717) is 5.57 Å². The van der Waals surface area contributed by atoms with Crippen LogP contribution in [0.15, 0.2) is 86.2 Å². The molecule has 41 heavy (non-hydrogen) atoms. The van der Waals surface area contributed by atoms with Crippen LogP contribution < -0.4 is 10.4 Å². The van der Waals surface area contributed by atoms with Crippen LogP contribution >= 0.6 is 0 Å². The lowest BCUT2D eigenvalue weighted by Crippen LogP contribution is -2.19. The average Bonchev–Trinajstić information content (AvgIpc) is 2.87. The van der Waals surface area contributed by atoms with Crippen LogP contribution in [0.2, 0.25) is 0 Å². The van der Waals surface area contributed by atoms with Gasteiger partial charge >= 0.3 is 17.6 Å². The minimum atomic E-state index is -0.850. The lowest BCUT2D eigenvalue weighted by molar-refractivity contribution is -0.129. The van der Waals surface area contributed by atoms with E-state index in [-0.39, 0.29) is 39.9 Å². The van der Waals surface area contributed by atoms with E-state index in [4.69, 9.17) is 13.9 Å². The second kappa shape index (κ2) is 13.4. The van der Waals surface area contributed by atoms with Crippen LogP contribution in [0, 0.1) is 5.41 Å². The number of Topliss-reactive ketones (excluding diaryl/α,β-unsaturated/α-hetero) is 1. The van der Waals surface area contributed by atoms with E-state index < -0.39 is 23.3 Å². The van der Waals surface area contributed by atoms with Crippen LogP contribution in [-0.2, 0) is 9.53 Å². The largest absolute Gasteiger partial charge is 0.462 e. The highest BCUT2D eigenvalue weighted by Gasteiger charge is 2.26. The van der Waals surface area contributed by atoms with Gasteiger partial charge in [0.2, 0.25) is 0 Å². The van der Waals surface area contributed by atoms with E-state index in [1.165, 1.54) is 55.2 Å². The number of hydrogen-bond donors (Lipinski definition) is 0. The summed E-state index contributed by atoms with van der Waals surface area (Å²) in [5.41, 5.74) is 3.72. The smallest absolute Gasteiger partial charge is 0.347 e. The summed E-state index contributed by atoms with van der Waals surface area (Å²) in [7, 11) is 0. The Morgan fingerprint density at radius 1 is 1.02 bits per heavy atom. The Hall–Kier alpha value is -4.26. The first-order valence-electron chi connectivity index (χ1n) is 13.8. The standard InChI is InChI=1S/C34H38O7/c1-8-39-32(37)28-18-25(19-30-27(28)20-26(24(5)35)33(38)41-30)40-31(36)17-22(3)12-9-11-21(2)14-15-29-23(4)13-10-16-34(29,6)7/h9,11-12,14-15,17-20H,8,10,13,16H2,1-7H3/b12-9+,15-14+,21-11+,22-17+. The summed E-state index contributed by atoms with van der Waals surface area (Å²) in [5, 5.41) is 0.206. The minimum absolute atomic E-state index is 0.00609. The molecule has 1 aromatic carbocycles. The molecule has 0 aliphatic heterocycles. The van der Waals surface area contributed by atoms with Crippen molar-refractivity contribution in [3.05, 3.63) is 98.5 Å². The SMILES string of the molecule is CCOC(=O)c1cc(OC(=O)/C=C(C)/C=C/C=C(C)/C=C/C2=C(C)CCCC2(C)C)cc2oc(=O)c(C(C)=O)cc12. The Balaban J connectivity index is 1.78. The van der Waals surface area contributed by atoms with Crippen LogP contribution in [0.5, 0.6) is 5.75 Å². The molecule has 0 bridgehead atoms. The summed E-state index contributed by atoms with van der Waals surface area (Å²) in [4.78, 5) is 49.3. The zero-order chi connectivity index (χ0) is 30.3. The Bertz CT molecular complexity index is 1570. The van der Waals surface area contributed by atoms with Gasteiger partial charge in [0.25, 0.3) is 0 Å². The third kappa shape index (κ3) is 8.13. The molecule has 1 aliphatic carbocycles. The number of ether oxygens (including phenoxy) is 2. The molecular formula is C34H38O7. The highest BCUT2D eigenvalue weighted by atomic mass is 16.5. The zero-order valence-corrected chi connectivity index (χ0v) is 24.9. The summed E-state index contributed by atoms with van der Waals surface area (Å²) >= 11 is 0. The molecular weight excluding hydrogens is 520 g/mol. The maximum absolute atomic E-state index is 12.6. The topological polar surface area (TPSA) is 99.9 Å². The molecule has 0 spiro atoms. The number of fused-ring (bicyclic) bond motifs is 1. The first-order chi connectivity index (χ1) is 19.3. The van der Waals surface area contributed by atoms with Gasteiger partial charge in [-0.2, -0.15) is 0 Å². The summed E-state index contributed by atoms with van der Waals surface area (Å²) in [6.07, 6.45) is 14.8. The Morgan fingerprint density at radius 3 is 2.41 bits per heavy atom. The van der Waals surface area contributed by atoms with Crippen LogP contribution in [0.1, 0.15) is 88.4 Å². The predicted octanol–water partition coefficient (Wildman–Crippen LogP) is 7.61. The van der Waals surface area contributed by atoms with Gasteiger partial charge in [0.15, 0.2) is 5.78 Å². The number of hydrogen-bond acceptors (Lipinski definition) is 7. The van der Waals surface area contributed by atoms with Gasteiger partial charge in [0.05, 0.1) is 12.2 Å². The molecule has 0 N–H and O–H groups in total. The van der Waals surface area contributed by atoms with Crippen LogP contribution in [0.3, 0.4) is 0 Å². The number of benzene rings is 1. The predicted molar refractivity (Wildman–Crippen MR) is 160 cm³/mol. The van der Waals surface area contributed by atoms with Gasteiger partial charge in [-0.25, -0.2) is 14.4 Å². The summed E-state index contributed by atoms with van der Waals surface area (Å²) < 4.78 is 15.8. The maximum Gasteiger partial charge on any atom is 0.347 e. The molecule has 1 heterocycles. The Morgan fingerprint density at radius 2 is 1.76 bits per heavy atom. The van der Waals surface area contributed by atoms with E-state index in [2.05, 4.69) is 32.9 Å². The van der Waals surface area contributed by atoms with Crippen molar-refractivity contribution in [3.63, 3.8) is 0 Å². The molecule has 2 aromatic rings. The van der Waals surface area contributed by atoms with E-state index in [9.17, 15) is 19.2 Å². The molecule has 0 unspecified atom stereocenters. The lowest BCUT2D eigenvalue weighted by Gasteiger charge is -2.32. The Kier molecular flexibility index (Phi) is 10.2. The van der Waals surface area contributed by atoms with Gasteiger partial charge in [-0.05, 0) is 82.6 Å². The molecule has 0 radical (unpaired) electrons. The summed E-state index contributed by atoms with van der Waals surface area (Å²) in [6.45, 7) is 13.6. The van der Waals surface area contributed by atoms with Crippen molar-refractivity contribution >= 4 is 28.7 Å². The molecule has 7 heteroatoms. The summed E-state index contributed by atoms with van der Waals surface area (Å²) in [5.74, 6) is -1.88. The van der Waals surface area contributed by atoms with Crippen molar-refractivity contribution in [2.45, 2.75) is 67.7 Å². The fourth-order valence-corrected chi connectivity index (χ4v) is 4.89. The second-order valence-electron chi connectivity index (χ2n) is 11.0. The number of esters is 2. The fourth-order valence-electron chi connectivity index (χ4n) is 4.89. The van der Waals surface area contributed by atoms with Crippen molar-refractivity contribution in [1.29, 1.82) is 0 Å². The van der Waals surface area contributed by atoms with Crippen LogP contribution in [-0.4, -0.2) is 24.3 Å². The molecule has 1 aromatic heterocycles. The third-order valence-electron chi connectivity index (χ3n) is 7.04. The number of carbonyl (C=O) groups is 3. The molecule has 1 aliphatic rings. The molecule has 0 saturated heterocycles. The van der Waals surface area contributed by atoms with Gasteiger partial charge in [0, 0.05) is 17.5 Å². The first-order valence-corrected chi connectivity index (χ1v) is 13.8. The number of carbonyl (C=O) groups excluding carboxylic acids is 3. The van der Waals surface area contributed by atoms with Crippen molar-refractivity contribution in [2.75, 3.05) is 6.61 Å². The normalized spacial score (nSPS) is 16.1. The molecule has 7 nitrogen and oxygen atoms in total. The van der Waals surface area contributed by atoms with Gasteiger partial charge in [-0.3, -0.25) is 4.79 Å². The molecule has 0 amide bonds. The Labute approximate surface area is 240 Å². The van der Waals surface area contributed by atoms with Crippen molar-refractivity contribution < 1.29 is 28.3 Å². The van der Waals surface area contributed by atoms with Gasteiger partial charge in [-0.1, -0.05) is 55.4 Å². The lowest BCUT2D eigenvalue weighted by atomic mass is 9.72. The molecule has 0 fully saturated rings. The monoisotopic (exact) mass is 558 g/mol. The van der Waals surface area contributed by atoms with Crippen LogP contribution in [0.25, 0.3) is 11.0 Å². The number of rotatable bonds is 9. The first kappa shape index (κ1) is 31.3. The molecule has 0 atom stereocenters. The van der Waals surface area contributed by atoms with Gasteiger partial charge < -0.3 is 13.9 Å². The quantitative estimate of drug-likeness (QED) is 0.0780. The van der Waals surface area contributed by atoms with E-state index >= 15 is 0 Å². The fraction of sp³-hybridized carbons (Fsp3) is 0.353. The highest BCUT2D eigenvalue weighted by Crippen LogP contribution is 2.40. The highest BCUT2D eigenvalue weighted by molar-refractivity contribution is 6.06. The van der Waals surface area contributed by atoms with Gasteiger partial charge in [0.1, 0.15) is 16.9 Å². The van der Waals surface area contributed by atoms with E-state index in [1.807, 2.05) is 19.1 Å². The summed E-state index contributed by atoms with van der Waals surface area (Å²) in [6, 6.07) is 3.93. The molecule has 0 saturated carbocycles. The second-order valence-corrected chi connectivity index (χ2v) is 11.0. The third-order valence-corrected chi connectivity index (χ3v) is 7.04. The van der Waals surface area contributed by atoms with Gasteiger partial charge in [-0.15, -0.1) is 0 Å². The molecule has 3 rings (SSSR count). The minimum Gasteiger partial charge on any atom is -0.462 e. The average molecular weight is 559 g/mol. The van der Waals surface area contributed by atoms with Crippen molar-refractivity contribution in [1.82, 2.24) is 0 Å². The van der Waals surface area contributed by atoms with Crippen molar-refractivity contribution in [2.24, 2.45) is 5.41 Å². The maximum atomic E-state index is 12.6. The van der Waals surface area contributed by atoms with Crippen molar-refractivity contribution in [3.8, 4) is 5.75 Å². The van der Waals surface area contributed by atoms with E-state index in [0.717, 1.165) is 12.0 Å².